The molecule has 0 aliphatic heterocycles. The molecule has 0 aliphatic carbocycles. The minimum Gasteiger partial charge on any atom is -0.322 e. The summed E-state index contributed by atoms with van der Waals surface area (Å²) in [5.74, 6) is -0.736. The second-order valence-corrected chi connectivity index (χ2v) is 8.64. The molecule has 0 unspecified atom stereocenters. The molecule has 0 aliphatic rings. The Morgan fingerprint density at radius 3 is 1.84 bits per heavy atom. The Morgan fingerprint density at radius 1 is 0.844 bits per heavy atom. The van der Waals surface area contributed by atoms with E-state index in [1.54, 1.807) is 36.4 Å². The summed E-state index contributed by atoms with van der Waals surface area (Å²) >= 11 is 6.00. The second-order valence-electron chi connectivity index (χ2n) is 8.23. The summed E-state index contributed by atoms with van der Waals surface area (Å²) < 4.78 is 0. The fourth-order valence-corrected chi connectivity index (χ4v) is 3.22. The quantitative estimate of drug-likeness (QED) is 0.364. The lowest BCUT2D eigenvalue weighted by atomic mass is 9.87. The molecule has 0 atom stereocenters. The summed E-state index contributed by atoms with van der Waals surface area (Å²) in [5, 5.41) is 16.3. The molecule has 32 heavy (non-hydrogen) atoms. The number of amides is 2. The van der Waals surface area contributed by atoms with Gasteiger partial charge in [0.2, 0.25) is 0 Å². The first kappa shape index (κ1) is 23.0. The van der Waals surface area contributed by atoms with Gasteiger partial charge >= 0.3 is 0 Å². The van der Waals surface area contributed by atoms with Gasteiger partial charge in [-0.2, -0.15) is 0 Å². The predicted octanol–water partition coefficient (Wildman–Crippen LogP) is 6.05. The van der Waals surface area contributed by atoms with Crippen molar-refractivity contribution in [3.8, 4) is 0 Å². The lowest BCUT2D eigenvalue weighted by Crippen LogP contribution is -2.15. The van der Waals surface area contributed by atoms with Crippen LogP contribution < -0.4 is 10.6 Å². The van der Waals surface area contributed by atoms with Gasteiger partial charge in [-0.05, 0) is 53.4 Å². The standard InChI is InChI=1S/C24H22ClN3O4/c1-24(2,3)16-6-4-15(5-7-16)22(29)26-17-8-10-18(11-9-17)27-23(30)20-13-12-19(28(31)32)14-21(20)25/h4-14H,1-3H3,(H,26,29)(H,27,30). The summed E-state index contributed by atoms with van der Waals surface area (Å²) in [4.78, 5) is 35.1. The Bertz CT molecular complexity index is 1170. The zero-order valence-corrected chi connectivity index (χ0v) is 18.6. The molecule has 0 bridgehead atoms. The van der Waals surface area contributed by atoms with E-state index < -0.39 is 10.8 Å². The van der Waals surface area contributed by atoms with E-state index in [1.807, 2.05) is 12.1 Å². The van der Waals surface area contributed by atoms with Crippen LogP contribution in [-0.2, 0) is 5.41 Å². The van der Waals surface area contributed by atoms with Gasteiger partial charge in [0.15, 0.2) is 0 Å². The Kier molecular flexibility index (Phi) is 6.60. The van der Waals surface area contributed by atoms with Gasteiger partial charge in [0.05, 0.1) is 15.5 Å². The van der Waals surface area contributed by atoms with E-state index in [0.29, 0.717) is 16.9 Å². The number of carbonyl (C=O) groups excluding carboxylic acids is 2. The molecular formula is C24H22ClN3O4. The van der Waals surface area contributed by atoms with Crippen LogP contribution in [-0.4, -0.2) is 16.7 Å². The number of halogens is 1. The van der Waals surface area contributed by atoms with Crippen molar-refractivity contribution in [2.75, 3.05) is 10.6 Å². The topological polar surface area (TPSA) is 101 Å². The van der Waals surface area contributed by atoms with Crippen molar-refractivity contribution in [2.45, 2.75) is 26.2 Å². The summed E-state index contributed by atoms with van der Waals surface area (Å²) in [7, 11) is 0. The molecule has 164 valence electrons. The molecule has 3 rings (SSSR count). The van der Waals surface area contributed by atoms with Crippen molar-refractivity contribution in [1.82, 2.24) is 0 Å². The van der Waals surface area contributed by atoms with Gasteiger partial charge in [-0.15, -0.1) is 0 Å². The van der Waals surface area contributed by atoms with E-state index in [4.69, 9.17) is 11.6 Å². The van der Waals surface area contributed by atoms with E-state index in [1.165, 1.54) is 12.1 Å². The molecule has 0 fully saturated rings. The predicted molar refractivity (Wildman–Crippen MR) is 126 cm³/mol. The first-order chi connectivity index (χ1) is 15.0. The second kappa shape index (κ2) is 9.20. The number of benzene rings is 3. The summed E-state index contributed by atoms with van der Waals surface area (Å²) in [5.41, 5.74) is 2.67. The Labute approximate surface area is 190 Å². The lowest BCUT2D eigenvalue weighted by molar-refractivity contribution is -0.384. The molecule has 3 aromatic rings. The number of rotatable bonds is 5. The van der Waals surface area contributed by atoms with Crippen molar-refractivity contribution < 1.29 is 14.5 Å². The van der Waals surface area contributed by atoms with Crippen LogP contribution in [0.15, 0.2) is 66.7 Å². The number of carbonyl (C=O) groups is 2. The normalized spacial score (nSPS) is 11.0. The molecular weight excluding hydrogens is 430 g/mol. The molecule has 8 heteroatoms. The van der Waals surface area contributed by atoms with Crippen LogP contribution in [0.5, 0.6) is 0 Å². The molecule has 0 aromatic heterocycles. The fraction of sp³-hybridized carbons (Fsp3) is 0.167. The van der Waals surface area contributed by atoms with Crippen molar-refractivity contribution in [1.29, 1.82) is 0 Å². The number of hydrogen-bond donors (Lipinski definition) is 2. The number of nitrogens with one attached hydrogen (secondary N) is 2. The molecule has 0 heterocycles. The summed E-state index contributed by atoms with van der Waals surface area (Å²) in [6, 6.07) is 17.7. The monoisotopic (exact) mass is 451 g/mol. The van der Waals surface area contributed by atoms with Gasteiger partial charge < -0.3 is 10.6 Å². The zero-order valence-electron chi connectivity index (χ0n) is 17.8. The van der Waals surface area contributed by atoms with Crippen molar-refractivity contribution in [3.05, 3.63) is 98.6 Å². The van der Waals surface area contributed by atoms with Crippen LogP contribution in [0.3, 0.4) is 0 Å². The highest BCUT2D eigenvalue weighted by molar-refractivity contribution is 6.34. The largest absolute Gasteiger partial charge is 0.322 e. The Morgan fingerprint density at radius 2 is 1.38 bits per heavy atom. The van der Waals surface area contributed by atoms with E-state index >= 15 is 0 Å². The molecule has 3 aromatic carbocycles. The maximum Gasteiger partial charge on any atom is 0.270 e. The number of non-ortho nitro benzene ring substituents is 1. The lowest BCUT2D eigenvalue weighted by Gasteiger charge is -2.19. The number of hydrogen-bond acceptors (Lipinski definition) is 4. The number of nitrogens with zero attached hydrogens (tertiary/aromatic N) is 1. The van der Waals surface area contributed by atoms with Gasteiger partial charge in [-0.25, -0.2) is 0 Å². The van der Waals surface area contributed by atoms with Crippen LogP contribution in [0, 0.1) is 10.1 Å². The SMILES string of the molecule is CC(C)(C)c1ccc(C(=O)Nc2ccc(NC(=O)c3ccc([N+](=O)[O-])cc3Cl)cc2)cc1. The molecule has 0 radical (unpaired) electrons. The van der Waals surface area contributed by atoms with Gasteiger partial charge in [-0.1, -0.05) is 44.5 Å². The smallest absolute Gasteiger partial charge is 0.270 e. The van der Waals surface area contributed by atoms with Crippen molar-refractivity contribution in [3.63, 3.8) is 0 Å². The van der Waals surface area contributed by atoms with Gasteiger partial charge in [-0.3, -0.25) is 19.7 Å². The van der Waals surface area contributed by atoms with Gasteiger partial charge in [0.1, 0.15) is 0 Å². The minimum absolute atomic E-state index is 0.00790. The molecule has 0 spiro atoms. The number of anilines is 2. The molecule has 0 saturated carbocycles. The maximum atomic E-state index is 12.5. The maximum absolute atomic E-state index is 12.5. The van der Waals surface area contributed by atoms with E-state index in [0.717, 1.165) is 11.6 Å². The number of nitro groups is 1. The number of nitro benzene ring substituents is 1. The third-order valence-corrected chi connectivity index (χ3v) is 5.13. The molecule has 0 saturated heterocycles. The van der Waals surface area contributed by atoms with Crippen LogP contribution in [0.25, 0.3) is 0 Å². The summed E-state index contributed by atoms with van der Waals surface area (Å²) in [6.45, 7) is 6.33. The van der Waals surface area contributed by atoms with E-state index in [2.05, 4.69) is 31.4 Å². The molecule has 2 N–H and O–H groups in total. The third kappa shape index (κ3) is 5.50. The van der Waals surface area contributed by atoms with Gasteiger partial charge in [0.25, 0.3) is 17.5 Å². The molecule has 7 nitrogen and oxygen atoms in total. The first-order valence-corrected chi connectivity index (χ1v) is 10.2. The van der Waals surface area contributed by atoms with Crippen LogP contribution in [0.2, 0.25) is 5.02 Å². The average Bonchev–Trinajstić information content (AvgIpc) is 2.74. The Hall–Kier alpha value is -3.71. The highest BCUT2D eigenvalue weighted by Crippen LogP contribution is 2.25. The molecule has 2 amide bonds. The fourth-order valence-electron chi connectivity index (χ4n) is 2.96. The zero-order chi connectivity index (χ0) is 23.5. The Balaban J connectivity index is 1.64. The van der Waals surface area contributed by atoms with Gasteiger partial charge in [0, 0.05) is 29.1 Å². The van der Waals surface area contributed by atoms with E-state index in [-0.39, 0.29) is 27.6 Å². The van der Waals surface area contributed by atoms with Crippen LogP contribution in [0.1, 0.15) is 47.1 Å². The van der Waals surface area contributed by atoms with Crippen LogP contribution in [0.4, 0.5) is 17.1 Å². The minimum atomic E-state index is -0.584. The van der Waals surface area contributed by atoms with E-state index in [9.17, 15) is 19.7 Å². The third-order valence-electron chi connectivity index (χ3n) is 4.82. The average molecular weight is 452 g/mol. The first-order valence-electron chi connectivity index (χ1n) is 9.82. The summed E-state index contributed by atoms with van der Waals surface area (Å²) in [6.07, 6.45) is 0. The van der Waals surface area contributed by atoms with Crippen molar-refractivity contribution in [2.24, 2.45) is 0 Å². The van der Waals surface area contributed by atoms with Crippen LogP contribution >= 0.6 is 11.6 Å². The highest BCUT2D eigenvalue weighted by Gasteiger charge is 2.16. The van der Waals surface area contributed by atoms with Crippen molar-refractivity contribution >= 4 is 40.5 Å². The highest BCUT2D eigenvalue weighted by atomic mass is 35.5.